The summed E-state index contributed by atoms with van der Waals surface area (Å²) in [6, 6.07) is 0.497. The Morgan fingerprint density at radius 3 is 2.86 bits per heavy atom. The van der Waals surface area contributed by atoms with E-state index >= 15 is 0 Å². The summed E-state index contributed by atoms with van der Waals surface area (Å²) in [5.41, 5.74) is 1.08. The first-order valence-corrected chi connectivity index (χ1v) is 8.05. The third-order valence-electron chi connectivity index (χ3n) is 4.10. The molecule has 1 unspecified atom stereocenters. The van der Waals surface area contributed by atoms with Crippen molar-refractivity contribution in [3.8, 4) is 5.88 Å². The van der Waals surface area contributed by atoms with Gasteiger partial charge in [0.2, 0.25) is 5.88 Å². The van der Waals surface area contributed by atoms with Gasteiger partial charge in [0.05, 0.1) is 5.56 Å². The minimum Gasteiger partial charge on any atom is -0.476 e. The van der Waals surface area contributed by atoms with Crippen molar-refractivity contribution in [2.24, 2.45) is 0 Å². The third-order valence-corrected chi connectivity index (χ3v) is 4.10. The molecule has 1 fully saturated rings. The van der Waals surface area contributed by atoms with E-state index in [1.165, 1.54) is 19.3 Å². The first kappa shape index (κ1) is 16.0. The highest BCUT2D eigenvalue weighted by Crippen LogP contribution is 2.30. The molecule has 2 heterocycles. The van der Waals surface area contributed by atoms with Crippen molar-refractivity contribution in [3.05, 3.63) is 11.9 Å². The summed E-state index contributed by atoms with van der Waals surface area (Å²) in [5, 5.41) is 3.30. The minimum absolute atomic E-state index is 0.333. The highest BCUT2D eigenvalue weighted by molar-refractivity contribution is 5.50. The van der Waals surface area contributed by atoms with Gasteiger partial charge in [-0.2, -0.15) is 0 Å². The first-order chi connectivity index (χ1) is 10.1. The molecule has 2 rings (SSSR count). The zero-order chi connectivity index (χ0) is 15.2. The molecule has 21 heavy (non-hydrogen) atoms. The standard InChI is InChI=1S/C16H28N4O/c1-5-17-15-14(12(2)3)16(19-11-18-15)21-10-13-8-6-7-9-20(13)4/h11-13H,5-10H2,1-4H3,(H,17,18,19). The summed E-state index contributed by atoms with van der Waals surface area (Å²) in [4.78, 5) is 11.1. The van der Waals surface area contributed by atoms with Gasteiger partial charge in [0, 0.05) is 12.6 Å². The Balaban J connectivity index is 2.09. The lowest BCUT2D eigenvalue weighted by Crippen LogP contribution is -2.40. The van der Waals surface area contributed by atoms with Crippen LogP contribution in [0.5, 0.6) is 5.88 Å². The van der Waals surface area contributed by atoms with Crippen molar-refractivity contribution in [1.82, 2.24) is 14.9 Å². The van der Waals surface area contributed by atoms with Gasteiger partial charge in [0.1, 0.15) is 18.8 Å². The predicted octanol–water partition coefficient (Wildman–Crippen LogP) is 2.89. The number of nitrogens with one attached hydrogen (secondary N) is 1. The summed E-state index contributed by atoms with van der Waals surface area (Å²) < 4.78 is 6.06. The highest BCUT2D eigenvalue weighted by Gasteiger charge is 2.21. The Morgan fingerprint density at radius 1 is 1.38 bits per heavy atom. The maximum Gasteiger partial charge on any atom is 0.222 e. The Hall–Kier alpha value is -1.36. The van der Waals surface area contributed by atoms with Gasteiger partial charge >= 0.3 is 0 Å². The van der Waals surface area contributed by atoms with E-state index in [1.54, 1.807) is 6.33 Å². The number of aromatic nitrogens is 2. The fourth-order valence-electron chi connectivity index (χ4n) is 2.85. The SMILES string of the molecule is CCNc1ncnc(OCC2CCCCN2C)c1C(C)C. The molecule has 118 valence electrons. The Labute approximate surface area is 128 Å². The van der Waals surface area contributed by atoms with Crippen molar-refractivity contribution in [2.75, 3.05) is 32.1 Å². The maximum absolute atomic E-state index is 6.06. The van der Waals surface area contributed by atoms with Crippen LogP contribution in [0, 0.1) is 0 Å². The number of likely N-dealkylation sites (N-methyl/N-ethyl adjacent to an activating group) is 1. The number of hydrogen-bond donors (Lipinski definition) is 1. The molecule has 1 N–H and O–H groups in total. The van der Waals surface area contributed by atoms with Gasteiger partial charge in [0.15, 0.2) is 0 Å². The molecule has 0 aliphatic carbocycles. The molecular weight excluding hydrogens is 264 g/mol. The predicted molar refractivity (Wildman–Crippen MR) is 86.0 cm³/mol. The van der Waals surface area contributed by atoms with Gasteiger partial charge < -0.3 is 15.0 Å². The second kappa shape index (κ2) is 7.59. The van der Waals surface area contributed by atoms with Crippen LogP contribution in [-0.2, 0) is 0 Å². The van der Waals surface area contributed by atoms with E-state index in [4.69, 9.17) is 4.74 Å². The van der Waals surface area contributed by atoms with E-state index in [9.17, 15) is 0 Å². The van der Waals surface area contributed by atoms with E-state index < -0.39 is 0 Å². The van der Waals surface area contributed by atoms with Gasteiger partial charge in [-0.15, -0.1) is 0 Å². The summed E-state index contributed by atoms with van der Waals surface area (Å²) in [5.74, 6) is 1.96. The quantitative estimate of drug-likeness (QED) is 0.873. The van der Waals surface area contributed by atoms with E-state index in [2.05, 4.69) is 48.0 Å². The third kappa shape index (κ3) is 4.06. The molecule has 0 radical (unpaired) electrons. The van der Waals surface area contributed by atoms with Crippen LogP contribution in [0.15, 0.2) is 6.33 Å². The zero-order valence-electron chi connectivity index (χ0n) is 13.7. The molecule has 5 heteroatoms. The normalized spacial score (nSPS) is 19.8. The van der Waals surface area contributed by atoms with Crippen LogP contribution in [0.3, 0.4) is 0 Å². The lowest BCUT2D eigenvalue weighted by molar-refractivity contribution is 0.122. The lowest BCUT2D eigenvalue weighted by Gasteiger charge is -2.32. The number of anilines is 1. The second-order valence-corrected chi connectivity index (χ2v) is 6.07. The van der Waals surface area contributed by atoms with Gasteiger partial charge in [-0.1, -0.05) is 20.3 Å². The molecule has 5 nitrogen and oxygen atoms in total. The van der Waals surface area contributed by atoms with Crippen molar-refractivity contribution >= 4 is 5.82 Å². The summed E-state index contributed by atoms with van der Waals surface area (Å²) >= 11 is 0. The molecule has 0 spiro atoms. The van der Waals surface area contributed by atoms with E-state index in [0.717, 1.165) is 30.4 Å². The van der Waals surface area contributed by atoms with Crippen LogP contribution in [0.2, 0.25) is 0 Å². The summed E-state index contributed by atoms with van der Waals surface area (Å²) in [7, 11) is 2.18. The van der Waals surface area contributed by atoms with Gasteiger partial charge in [-0.3, -0.25) is 0 Å². The fraction of sp³-hybridized carbons (Fsp3) is 0.750. The molecule has 1 aliphatic heterocycles. The second-order valence-electron chi connectivity index (χ2n) is 6.07. The Kier molecular flexibility index (Phi) is 5.79. The fourth-order valence-corrected chi connectivity index (χ4v) is 2.85. The van der Waals surface area contributed by atoms with Crippen LogP contribution in [0.4, 0.5) is 5.82 Å². The maximum atomic E-state index is 6.06. The van der Waals surface area contributed by atoms with E-state index in [-0.39, 0.29) is 0 Å². The number of likely N-dealkylation sites (tertiary alicyclic amines) is 1. The first-order valence-electron chi connectivity index (χ1n) is 8.05. The van der Waals surface area contributed by atoms with Gasteiger partial charge in [-0.05, 0) is 39.3 Å². The number of nitrogens with zero attached hydrogens (tertiary/aromatic N) is 3. The van der Waals surface area contributed by atoms with E-state index in [0.29, 0.717) is 18.6 Å². The smallest absolute Gasteiger partial charge is 0.222 e. The van der Waals surface area contributed by atoms with Crippen molar-refractivity contribution in [3.63, 3.8) is 0 Å². The summed E-state index contributed by atoms with van der Waals surface area (Å²) in [6.07, 6.45) is 5.38. The molecule has 0 bridgehead atoms. The van der Waals surface area contributed by atoms with Gasteiger partial charge in [-0.25, -0.2) is 9.97 Å². The van der Waals surface area contributed by atoms with Crippen LogP contribution in [-0.4, -0.2) is 47.7 Å². The van der Waals surface area contributed by atoms with Crippen LogP contribution >= 0.6 is 0 Å². The Bertz CT molecular complexity index is 450. The lowest BCUT2D eigenvalue weighted by atomic mass is 10.0. The molecule has 0 aromatic carbocycles. The minimum atomic E-state index is 0.333. The molecule has 1 aromatic rings. The average molecular weight is 292 g/mol. The van der Waals surface area contributed by atoms with Crippen LogP contribution in [0.1, 0.15) is 51.5 Å². The monoisotopic (exact) mass is 292 g/mol. The molecule has 1 atom stereocenters. The molecule has 0 saturated carbocycles. The van der Waals surface area contributed by atoms with Crippen molar-refractivity contribution < 1.29 is 4.74 Å². The zero-order valence-corrected chi connectivity index (χ0v) is 13.7. The molecule has 1 saturated heterocycles. The van der Waals surface area contributed by atoms with Gasteiger partial charge in [0.25, 0.3) is 0 Å². The van der Waals surface area contributed by atoms with Crippen molar-refractivity contribution in [1.29, 1.82) is 0 Å². The molecular formula is C16H28N4O. The average Bonchev–Trinajstić information content (AvgIpc) is 2.46. The molecule has 1 aromatic heterocycles. The highest BCUT2D eigenvalue weighted by atomic mass is 16.5. The number of ether oxygens (including phenoxy) is 1. The van der Waals surface area contributed by atoms with Crippen LogP contribution in [0.25, 0.3) is 0 Å². The number of piperidine rings is 1. The number of rotatable bonds is 6. The number of hydrogen-bond acceptors (Lipinski definition) is 5. The van der Waals surface area contributed by atoms with Crippen LogP contribution < -0.4 is 10.1 Å². The largest absolute Gasteiger partial charge is 0.476 e. The van der Waals surface area contributed by atoms with Crippen molar-refractivity contribution in [2.45, 2.75) is 52.0 Å². The topological polar surface area (TPSA) is 50.3 Å². The summed E-state index contributed by atoms with van der Waals surface area (Å²) in [6.45, 7) is 9.10. The molecule has 0 amide bonds. The molecule has 1 aliphatic rings. The Morgan fingerprint density at radius 2 is 2.19 bits per heavy atom. The van der Waals surface area contributed by atoms with E-state index in [1.807, 2.05) is 0 Å².